The van der Waals surface area contributed by atoms with E-state index in [0.29, 0.717) is 11.4 Å². The van der Waals surface area contributed by atoms with Crippen LogP contribution >= 0.6 is 0 Å². The second kappa shape index (κ2) is 4.33. The van der Waals surface area contributed by atoms with Crippen molar-refractivity contribution in [3.05, 3.63) is 36.4 Å². The van der Waals surface area contributed by atoms with E-state index < -0.39 is 6.09 Å². The van der Waals surface area contributed by atoms with Crippen LogP contribution in [0.5, 0.6) is 5.75 Å². The molecule has 0 atom stereocenters. The fraction of sp³-hybridized carbons (Fsp3) is 0.154. The maximum absolute atomic E-state index is 11.5. The second-order valence-electron chi connectivity index (χ2n) is 3.96. The minimum atomic E-state index is -0.403. The van der Waals surface area contributed by atoms with Gasteiger partial charge in [-0.3, -0.25) is 0 Å². The normalized spacial score (nSPS) is 10.2. The van der Waals surface area contributed by atoms with Crippen molar-refractivity contribution in [3.8, 4) is 5.75 Å². The van der Waals surface area contributed by atoms with Crippen molar-refractivity contribution in [2.24, 2.45) is 0 Å². The topological polar surface area (TPSA) is 55.6 Å². The smallest absolute Gasteiger partial charge is 0.410 e. The lowest BCUT2D eigenvalue weighted by molar-refractivity contribution is 0.172. The molecule has 0 bridgehead atoms. The Morgan fingerprint density at radius 1 is 1.12 bits per heavy atom. The van der Waals surface area contributed by atoms with Gasteiger partial charge in [-0.25, -0.2) is 4.79 Å². The molecule has 0 aliphatic heterocycles. The lowest BCUT2D eigenvalue weighted by Gasteiger charge is -2.13. The zero-order chi connectivity index (χ0) is 12.4. The van der Waals surface area contributed by atoms with Crippen LogP contribution in [0.4, 0.5) is 10.5 Å². The van der Waals surface area contributed by atoms with Gasteiger partial charge >= 0.3 is 6.09 Å². The standard InChI is InChI=1S/C13H14N2O2/c1-15(2)13(16)17-12-8-7-11(14)9-5-3-4-6-10(9)12/h3-8H,14H2,1-2H3. The molecular formula is C13H14N2O2. The Morgan fingerprint density at radius 3 is 2.41 bits per heavy atom. The van der Waals surface area contributed by atoms with Gasteiger partial charge in [-0.05, 0) is 12.1 Å². The van der Waals surface area contributed by atoms with Gasteiger partial charge < -0.3 is 15.4 Å². The summed E-state index contributed by atoms with van der Waals surface area (Å²) in [5.41, 5.74) is 6.54. The predicted octanol–water partition coefficient (Wildman–Crippen LogP) is 2.48. The number of anilines is 1. The molecular weight excluding hydrogens is 216 g/mol. The molecule has 0 saturated heterocycles. The largest absolute Gasteiger partial charge is 0.414 e. The Bertz CT molecular complexity index is 564. The summed E-state index contributed by atoms with van der Waals surface area (Å²) in [5.74, 6) is 0.522. The van der Waals surface area contributed by atoms with E-state index in [1.807, 2.05) is 24.3 Å². The van der Waals surface area contributed by atoms with Gasteiger partial charge in [-0.15, -0.1) is 0 Å². The Balaban J connectivity index is 2.48. The lowest BCUT2D eigenvalue weighted by Crippen LogP contribution is -2.25. The maximum Gasteiger partial charge on any atom is 0.414 e. The predicted molar refractivity (Wildman–Crippen MR) is 68.1 cm³/mol. The first-order valence-corrected chi connectivity index (χ1v) is 5.26. The molecule has 17 heavy (non-hydrogen) atoms. The summed E-state index contributed by atoms with van der Waals surface area (Å²) in [6.45, 7) is 0. The first-order chi connectivity index (χ1) is 8.09. The monoisotopic (exact) mass is 230 g/mol. The van der Waals surface area contributed by atoms with Gasteiger partial charge in [0.2, 0.25) is 0 Å². The number of ether oxygens (including phenoxy) is 1. The molecule has 2 N–H and O–H groups in total. The van der Waals surface area contributed by atoms with Crippen LogP contribution in [-0.4, -0.2) is 25.1 Å². The Morgan fingerprint density at radius 2 is 1.76 bits per heavy atom. The number of nitrogens with zero attached hydrogens (tertiary/aromatic N) is 1. The average Bonchev–Trinajstić information content (AvgIpc) is 2.33. The van der Waals surface area contributed by atoms with Gasteiger partial charge in [-0.1, -0.05) is 24.3 Å². The molecule has 0 saturated carbocycles. The third kappa shape index (κ3) is 2.15. The third-order valence-corrected chi connectivity index (χ3v) is 2.48. The fourth-order valence-corrected chi connectivity index (χ4v) is 1.57. The summed E-state index contributed by atoms with van der Waals surface area (Å²) in [6.07, 6.45) is -0.403. The van der Waals surface area contributed by atoms with E-state index in [9.17, 15) is 4.79 Å². The van der Waals surface area contributed by atoms with Crippen molar-refractivity contribution in [1.29, 1.82) is 0 Å². The number of nitrogen functional groups attached to an aromatic ring is 1. The first-order valence-electron chi connectivity index (χ1n) is 5.26. The quantitative estimate of drug-likeness (QED) is 0.766. The number of fused-ring (bicyclic) bond motifs is 1. The molecule has 0 unspecified atom stereocenters. The van der Waals surface area contributed by atoms with Crippen molar-refractivity contribution in [1.82, 2.24) is 4.90 Å². The molecule has 4 nitrogen and oxygen atoms in total. The van der Waals surface area contributed by atoms with Crippen LogP contribution in [0.3, 0.4) is 0 Å². The fourth-order valence-electron chi connectivity index (χ4n) is 1.57. The Labute approximate surface area is 99.6 Å². The molecule has 2 aromatic rings. The molecule has 0 fully saturated rings. The number of benzene rings is 2. The number of amides is 1. The average molecular weight is 230 g/mol. The van der Waals surface area contributed by atoms with Crippen LogP contribution in [0.2, 0.25) is 0 Å². The number of rotatable bonds is 1. The zero-order valence-electron chi connectivity index (χ0n) is 9.81. The Hall–Kier alpha value is -2.23. The molecule has 1 amide bonds. The molecule has 0 aliphatic carbocycles. The molecule has 2 rings (SSSR count). The van der Waals surface area contributed by atoms with Gasteiger partial charge in [0.05, 0.1) is 0 Å². The van der Waals surface area contributed by atoms with Crippen molar-refractivity contribution in [2.45, 2.75) is 0 Å². The van der Waals surface area contributed by atoms with Crippen molar-refractivity contribution < 1.29 is 9.53 Å². The van der Waals surface area contributed by atoms with Crippen LogP contribution < -0.4 is 10.5 Å². The molecule has 0 aromatic heterocycles. The van der Waals surface area contributed by atoms with E-state index in [4.69, 9.17) is 10.5 Å². The van der Waals surface area contributed by atoms with Crippen LogP contribution in [-0.2, 0) is 0 Å². The van der Waals surface area contributed by atoms with E-state index in [1.165, 1.54) is 4.90 Å². The van der Waals surface area contributed by atoms with E-state index in [0.717, 1.165) is 10.8 Å². The van der Waals surface area contributed by atoms with Gasteiger partial charge in [0, 0.05) is 30.6 Å². The molecule has 2 aromatic carbocycles. The Kier molecular flexibility index (Phi) is 2.87. The summed E-state index contributed by atoms with van der Waals surface area (Å²) in [6, 6.07) is 11.0. The minimum Gasteiger partial charge on any atom is -0.410 e. The van der Waals surface area contributed by atoms with Crippen LogP contribution in [0, 0.1) is 0 Å². The van der Waals surface area contributed by atoms with Crippen molar-refractivity contribution in [3.63, 3.8) is 0 Å². The van der Waals surface area contributed by atoms with E-state index in [1.54, 1.807) is 26.2 Å². The summed E-state index contributed by atoms with van der Waals surface area (Å²) >= 11 is 0. The third-order valence-electron chi connectivity index (χ3n) is 2.48. The summed E-state index contributed by atoms with van der Waals surface area (Å²) in [7, 11) is 3.28. The van der Waals surface area contributed by atoms with E-state index in [-0.39, 0.29) is 0 Å². The van der Waals surface area contributed by atoms with Crippen LogP contribution in [0.1, 0.15) is 0 Å². The lowest BCUT2D eigenvalue weighted by atomic mass is 10.1. The first kappa shape index (κ1) is 11.3. The number of hydrogen-bond acceptors (Lipinski definition) is 3. The second-order valence-corrected chi connectivity index (χ2v) is 3.96. The van der Waals surface area contributed by atoms with E-state index in [2.05, 4.69) is 0 Å². The van der Waals surface area contributed by atoms with Crippen molar-refractivity contribution in [2.75, 3.05) is 19.8 Å². The van der Waals surface area contributed by atoms with Crippen LogP contribution in [0.25, 0.3) is 10.8 Å². The van der Waals surface area contributed by atoms with E-state index >= 15 is 0 Å². The molecule has 0 heterocycles. The highest BCUT2D eigenvalue weighted by atomic mass is 16.6. The highest BCUT2D eigenvalue weighted by Crippen LogP contribution is 2.30. The molecule has 4 heteroatoms. The number of nitrogens with two attached hydrogens (primary N) is 1. The number of hydrogen-bond donors (Lipinski definition) is 1. The number of carbonyl (C=O) groups is 1. The number of carbonyl (C=O) groups excluding carboxylic acids is 1. The highest BCUT2D eigenvalue weighted by molar-refractivity contribution is 5.98. The van der Waals surface area contributed by atoms with Crippen LogP contribution in [0.15, 0.2) is 36.4 Å². The van der Waals surface area contributed by atoms with Gasteiger partial charge in [0.1, 0.15) is 5.75 Å². The maximum atomic E-state index is 11.5. The van der Waals surface area contributed by atoms with Gasteiger partial charge in [0.25, 0.3) is 0 Å². The molecule has 0 radical (unpaired) electrons. The SMILES string of the molecule is CN(C)C(=O)Oc1ccc(N)c2ccccc12. The highest BCUT2D eigenvalue weighted by Gasteiger charge is 2.10. The molecule has 88 valence electrons. The summed E-state index contributed by atoms with van der Waals surface area (Å²) < 4.78 is 5.28. The van der Waals surface area contributed by atoms with Gasteiger partial charge in [-0.2, -0.15) is 0 Å². The van der Waals surface area contributed by atoms with Gasteiger partial charge in [0.15, 0.2) is 0 Å². The molecule has 0 aliphatic rings. The zero-order valence-corrected chi connectivity index (χ0v) is 9.81. The summed E-state index contributed by atoms with van der Waals surface area (Å²) in [4.78, 5) is 12.9. The minimum absolute atomic E-state index is 0.403. The van der Waals surface area contributed by atoms with Crippen molar-refractivity contribution >= 4 is 22.6 Å². The molecule has 0 spiro atoms. The summed E-state index contributed by atoms with van der Waals surface area (Å²) in [5, 5.41) is 1.72.